The van der Waals surface area contributed by atoms with Gasteiger partial charge in [-0.15, -0.1) is 0 Å². The first-order valence-corrected chi connectivity index (χ1v) is 12.0. The van der Waals surface area contributed by atoms with Crippen molar-refractivity contribution in [1.29, 1.82) is 0 Å². The number of nitrogens with zero attached hydrogens (tertiary/aromatic N) is 2. The van der Waals surface area contributed by atoms with E-state index in [1.165, 1.54) is 47.1 Å². The van der Waals surface area contributed by atoms with Crippen LogP contribution in [-0.4, -0.2) is 22.0 Å². The van der Waals surface area contributed by atoms with Gasteiger partial charge in [-0.2, -0.15) is 0 Å². The third-order valence-electron chi connectivity index (χ3n) is 6.43. The van der Waals surface area contributed by atoms with Crippen molar-refractivity contribution in [2.24, 2.45) is 0 Å². The molecule has 1 aromatic carbocycles. The van der Waals surface area contributed by atoms with E-state index in [2.05, 4.69) is 4.98 Å². The average Bonchev–Trinajstić information content (AvgIpc) is 2.81. The highest BCUT2D eigenvalue weighted by atomic mass is 16.2. The normalized spacial score (nSPS) is 14.4. The van der Waals surface area contributed by atoms with Crippen LogP contribution in [0.1, 0.15) is 93.5 Å². The number of aromatic amines is 1. The molecule has 0 unspecified atom stereocenters. The van der Waals surface area contributed by atoms with E-state index < -0.39 is 11.2 Å². The molecule has 1 amide bonds. The standard InChI is InChI=1S/C25H36N4O3/c1-3-5-16-28(21-22(26)29(17-6-4-2)25(32)27-23(21)30)24(31)20-14-12-19(13-15-20)18-10-8-7-9-11-18/h12-15,18H,3-11,16-17,26H2,1-2H3,(H,27,30,32). The lowest BCUT2D eigenvalue weighted by atomic mass is 9.84. The van der Waals surface area contributed by atoms with E-state index in [0.717, 1.165) is 25.7 Å². The molecule has 32 heavy (non-hydrogen) atoms. The summed E-state index contributed by atoms with van der Waals surface area (Å²) in [6, 6.07) is 7.78. The molecular formula is C25H36N4O3. The largest absolute Gasteiger partial charge is 0.383 e. The molecule has 1 aliphatic rings. The first kappa shape index (κ1) is 23.8. The summed E-state index contributed by atoms with van der Waals surface area (Å²) < 4.78 is 1.36. The van der Waals surface area contributed by atoms with Gasteiger partial charge in [0.25, 0.3) is 11.5 Å². The summed E-state index contributed by atoms with van der Waals surface area (Å²) in [7, 11) is 0. The van der Waals surface area contributed by atoms with Gasteiger partial charge < -0.3 is 10.6 Å². The average molecular weight is 441 g/mol. The molecule has 0 aliphatic heterocycles. The van der Waals surface area contributed by atoms with Crippen molar-refractivity contribution in [3.05, 3.63) is 56.2 Å². The van der Waals surface area contributed by atoms with Crippen molar-refractivity contribution in [3.8, 4) is 0 Å². The number of unbranched alkanes of at least 4 members (excludes halogenated alkanes) is 2. The Hall–Kier alpha value is -2.83. The van der Waals surface area contributed by atoms with Crippen LogP contribution in [0, 0.1) is 0 Å². The number of nitrogen functional groups attached to an aromatic ring is 1. The number of H-pyrrole nitrogens is 1. The van der Waals surface area contributed by atoms with Crippen LogP contribution >= 0.6 is 0 Å². The fourth-order valence-corrected chi connectivity index (χ4v) is 4.50. The number of hydrogen-bond donors (Lipinski definition) is 2. The number of rotatable bonds is 9. The fourth-order valence-electron chi connectivity index (χ4n) is 4.50. The molecule has 7 nitrogen and oxygen atoms in total. The monoisotopic (exact) mass is 440 g/mol. The predicted octanol–water partition coefficient (Wildman–Crippen LogP) is 4.41. The number of aromatic nitrogens is 2. The lowest BCUT2D eigenvalue weighted by Gasteiger charge is -2.25. The van der Waals surface area contributed by atoms with Crippen LogP contribution in [-0.2, 0) is 6.54 Å². The number of anilines is 2. The molecule has 0 saturated heterocycles. The van der Waals surface area contributed by atoms with Crippen LogP contribution in [0.25, 0.3) is 0 Å². The molecule has 174 valence electrons. The second-order valence-electron chi connectivity index (χ2n) is 8.77. The summed E-state index contributed by atoms with van der Waals surface area (Å²) in [4.78, 5) is 42.3. The number of nitrogens with one attached hydrogen (secondary N) is 1. The number of benzene rings is 1. The van der Waals surface area contributed by atoms with Gasteiger partial charge in [0, 0.05) is 18.7 Å². The zero-order chi connectivity index (χ0) is 23.1. The van der Waals surface area contributed by atoms with Gasteiger partial charge in [0.15, 0.2) is 5.69 Å². The highest BCUT2D eigenvalue weighted by Crippen LogP contribution is 2.32. The van der Waals surface area contributed by atoms with Gasteiger partial charge in [-0.1, -0.05) is 58.1 Å². The summed E-state index contributed by atoms with van der Waals surface area (Å²) in [5.74, 6) is 0.340. The van der Waals surface area contributed by atoms with Crippen molar-refractivity contribution in [2.45, 2.75) is 84.1 Å². The summed E-state index contributed by atoms with van der Waals surface area (Å²) in [6.07, 6.45) is 9.42. The quantitative estimate of drug-likeness (QED) is 0.603. The lowest BCUT2D eigenvalue weighted by Crippen LogP contribution is -2.41. The van der Waals surface area contributed by atoms with Crippen molar-refractivity contribution in [3.63, 3.8) is 0 Å². The maximum absolute atomic E-state index is 13.5. The minimum atomic E-state index is -0.622. The molecule has 3 rings (SSSR count). The Kier molecular flexibility index (Phi) is 8.31. The van der Waals surface area contributed by atoms with Crippen molar-refractivity contribution < 1.29 is 4.79 Å². The topological polar surface area (TPSA) is 101 Å². The van der Waals surface area contributed by atoms with Gasteiger partial charge >= 0.3 is 5.69 Å². The van der Waals surface area contributed by atoms with Crippen molar-refractivity contribution >= 4 is 17.4 Å². The molecule has 7 heteroatoms. The Labute approximate surface area is 189 Å². The lowest BCUT2D eigenvalue weighted by molar-refractivity contribution is 0.0986. The van der Waals surface area contributed by atoms with Gasteiger partial charge in [0.2, 0.25) is 0 Å². The van der Waals surface area contributed by atoms with E-state index in [-0.39, 0.29) is 17.4 Å². The van der Waals surface area contributed by atoms with Crippen LogP contribution in [0.5, 0.6) is 0 Å². The number of nitrogens with two attached hydrogens (primary N) is 1. The fraction of sp³-hybridized carbons (Fsp3) is 0.560. The Morgan fingerprint density at radius 3 is 2.34 bits per heavy atom. The Morgan fingerprint density at radius 2 is 1.72 bits per heavy atom. The zero-order valence-corrected chi connectivity index (χ0v) is 19.4. The summed E-state index contributed by atoms with van der Waals surface area (Å²) in [6.45, 7) is 4.80. The molecule has 0 atom stereocenters. The minimum absolute atomic E-state index is 0.0514. The number of amides is 1. The van der Waals surface area contributed by atoms with Gasteiger partial charge in [-0.05, 0) is 49.3 Å². The Balaban J connectivity index is 1.95. The van der Waals surface area contributed by atoms with Crippen LogP contribution in [0.4, 0.5) is 11.5 Å². The van der Waals surface area contributed by atoms with E-state index in [1.807, 2.05) is 38.1 Å². The molecule has 0 bridgehead atoms. The molecule has 1 heterocycles. The first-order chi connectivity index (χ1) is 15.5. The number of carbonyl (C=O) groups is 1. The number of hydrogen-bond acceptors (Lipinski definition) is 4. The maximum Gasteiger partial charge on any atom is 0.330 e. The van der Waals surface area contributed by atoms with E-state index in [9.17, 15) is 14.4 Å². The SMILES string of the molecule is CCCCN(C(=O)c1ccc(C2CCCCC2)cc1)c1c(N)n(CCCC)c(=O)[nH]c1=O. The van der Waals surface area contributed by atoms with Crippen LogP contribution in [0.15, 0.2) is 33.9 Å². The van der Waals surface area contributed by atoms with Gasteiger partial charge in [0.1, 0.15) is 5.82 Å². The molecule has 1 aliphatic carbocycles. The highest BCUT2D eigenvalue weighted by Gasteiger charge is 2.25. The summed E-state index contributed by atoms with van der Waals surface area (Å²) >= 11 is 0. The Morgan fingerprint density at radius 1 is 1.06 bits per heavy atom. The molecule has 2 aromatic rings. The Bertz CT molecular complexity index is 1020. The second kappa shape index (κ2) is 11.2. The predicted molar refractivity (Wildman–Crippen MR) is 129 cm³/mol. The third kappa shape index (κ3) is 5.31. The number of carbonyl (C=O) groups excluding carboxylic acids is 1. The summed E-state index contributed by atoms with van der Waals surface area (Å²) in [5.41, 5.74) is 6.98. The van der Waals surface area contributed by atoms with E-state index in [4.69, 9.17) is 5.73 Å². The van der Waals surface area contributed by atoms with Gasteiger partial charge in [0.05, 0.1) is 0 Å². The van der Waals surface area contributed by atoms with Gasteiger partial charge in [-0.3, -0.25) is 19.1 Å². The summed E-state index contributed by atoms with van der Waals surface area (Å²) in [5, 5.41) is 0. The molecule has 1 aromatic heterocycles. The van der Waals surface area contributed by atoms with E-state index in [0.29, 0.717) is 24.6 Å². The zero-order valence-electron chi connectivity index (χ0n) is 19.4. The van der Waals surface area contributed by atoms with E-state index in [1.54, 1.807) is 0 Å². The van der Waals surface area contributed by atoms with Crippen molar-refractivity contribution in [1.82, 2.24) is 9.55 Å². The van der Waals surface area contributed by atoms with Crippen LogP contribution in [0.3, 0.4) is 0 Å². The van der Waals surface area contributed by atoms with E-state index >= 15 is 0 Å². The molecule has 0 radical (unpaired) electrons. The third-order valence-corrected chi connectivity index (χ3v) is 6.43. The van der Waals surface area contributed by atoms with Crippen LogP contribution in [0.2, 0.25) is 0 Å². The highest BCUT2D eigenvalue weighted by molar-refractivity contribution is 6.07. The smallest absolute Gasteiger partial charge is 0.330 e. The molecule has 3 N–H and O–H groups in total. The minimum Gasteiger partial charge on any atom is -0.383 e. The van der Waals surface area contributed by atoms with Crippen molar-refractivity contribution in [2.75, 3.05) is 17.2 Å². The maximum atomic E-state index is 13.5. The molecule has 0 spiro atoms. The molecular weight excluding hydrogens is 404 g/mol. The molecule has 1 fully saturated rings. The van der Waals surface area contributed by atoms with Gasteiger partial charge in [-0.25, -0.2) is 4.79 Å². The second-order valence-corrected chi connectivity index (χ2v) is 8.77. The molecule has 1 saturated carbocycles. The van der Waals surface area contributed by atoms with Crippen LogP contribution < -0.4 is 21.9 Å². The first-order valence-electron chi connectivity index (χ1n) is 12.0.